The summed E-state index contributed by atoms with van der Waals surface area (Å²) < 4.78 is 78.2. The fourth-order valence-corrected chi connectivity index (χ4v) is 2.63. The fraction of sp³-hybridized carbons (Fsp3) is 0.111. The lowest BCUT2D eigenvalue weighted by atomic mass is 9.97. The van der Waals surface area contributed by atoms with Crippen molar-refractivity contribution in [3.63, 3.8) is 0 Å². The summed E-state index contributed by atoms with van der Waals surface area (Å²) in [6.07, 6.45) is -6.33. The highest BCUT2D eigenvalue weighted by Crippen LogP contribution is 2.38. The van der Waals surface area contributed by atoms with Crippen LogP contribution in [0.1, 0.15) is 22.3 Å². The van der Waals surface area contributed by atoms with Crippen LogP contribution in [0.3, 0.4) is 0 Å². The second kappa shape index (κ2) is 6.70. The van der Waals surface area contributed by atoms with Crippen LogP contribution in [-0.4, -0.2) is 21.0 Å². The number of aromatic nitrogens is 2. The van der Waals surface area contributed by atoms with Crippen LogP contribution in [0.15, 0.2) is 42.7 Å². The Kier molecular flexibility index (Phi) is 4.66. The van der Waals surface area contributed by atoms with Crippen molar-refractivity contribution in [3.05, 3.63) is 65.0 Å². The Labute approximate surface area is 153 Å². The topological polar surface area (TPSA) is 66.0 Å². The number of hydrogen-bond acceptors (Lipinski definition) is 2. The Hall–Kier alpha value is -3.30. The summed E-state index contributed by atoms with van der Waals surface area (Å²) in [5.41, 5.74) is -3.98. The van der Waals surface area contributed by atoms with Crippen molar-refractivity contribution in [3.8, 4) is 0 Å². The first kappa shape index (κ1) is 19.5. The molecule has 28 heavy (non-hydrogen) atoms. The maximum absolute atomic E-state index is 13.0. The number of aliphatic carboxylic acids is 1. The molecular formula is C18H10F6N2O2. The number of nitrogens with zero attached hydrogens (tertiary/aromatic N) is 1. The molecule has 0 amide bonds. The maximum Gasteiger partial charge on any atom is 0.416 e. The summed E-state index contributed by atoms with van der Waals surface area (Å²) in [6.45, 7) is 0. The number of halogens is 6. The number of carboxylic acids is 1. The van der Waals surface area contributed by atoms with Crippen molar-refractivity contribution in [2.24, 2.45) is 0 Å². The smallest absolute Gasteiger partial charge is 0.416 e. The number of pyridine rings is 1. The van der Waals surface area contributed by atoms with E-state index in [0.29, 0.717) is 23.2 Å². The zero-order valence-electron chi connectivity index (χ0n) is 13.7. The molecule has 4 nitrogen and oxygen atoms in total. The predicted octanol–water partition coefficient (Wildman–Crippen LogP) is 5.23. The molecule has 3 aromatic rings. The van der Waals surface area contributed by atoms with Gasteiger partial charge in [0.05, 0.1) is 16.7 Å². The number of fused-ring (bicyclic) bond motifs is 1. The number of hydrogen-bond donors (Lipinski definition) is 2. The minimum Gasteiger partial charge on any atom is -0.478 e. The van der Waals surface area contributed by atoms with E-state index in [0.717, 1.165) is 6.08 Å². The highest BCUT2D eigenvalue weighted by Gasteiger charge is 2.37. The van der Waals surface area contributed by atoms with E-state index in [2.05, 4.69) is 9.97 Å². The zero-order valence-corrected chi connectivity index (χ0v) is 13.7. The molecular weight excluding hydrogens is 390 g/mol. The minimum atomic E-state index is -5.08. The van der Waals surface area contributed by atoms with Crippen molar-refractivity contribution in [2.45, 2.75) is 12.4 Å². The monoisotopic (exact) mass is 400 g/mol. The van der Waals surface area contributed by atoms with E-state index >= 15 is 0 Å². The lowest BCUT2D eigenvalue weighted by Gasteiger charge is -2.14. The number of aromatic amines is 1. The number of H-pyrrole nitrogens is 1. The molecule has 1 aromatic carbocycles. The molecule has 0 atom stereocenters. The first-order valence-electron chi connectivity index (χ1n) is 7.64. The van der Waals surface area contributed by atoms with Gasteiger partial charge in [-0.25, -0.2) is 9.78 Å². The van der Waals surface area contributed by atoms with Crippen LogP contribution in [0.2, 0.25) is 0 Å². The molecule has 0 aliphatic heterocycles. The molecule has 0 aliphatic carbocycles. The summed E-state index contributed by atoms with van der Waals surface area (Å²) >= 11 is 0. The summed E-state index contributed by atoms with van der Waals surface area (Å²) in [5.74, 6) is -1.68. The molecule has 0 fully saturated rings. The van der Waals surface area contributed by atoms with Crippen molar-refractivity contribution >= 4 is 28.7 Å². The first-order chi connectivity index (χ1) is 13.0. The Bertz CT molecular complexity index is 1050. The normalized spacial score (nSPS) is 13.1. The van der Waals surface area contributed by atoms with Gasteiger partial charge in [0.25, 0.3) is 0 Å². The van der Waals surface area contributed by atoms with Gasteiger partial charge in [-0.2, -0.15) is 26.3 Å². The van der Waals surface area contributed by atoms with Crippen molar-refractivity contribution in [2.75, 3.05) is 0 Å². The highest BCUT2D eigenvalue weighted by molar-refractivity contribution is 6.21. The summed E-state index contributed by atoms with van der Waals surface area (Å²) in [6, 6.07) is 3.83. The van der Waals surface area contributed by atoms with Gasteiger partial charge in [0.1, 0.15) is 5.65 Å². The Morgan fingerprint density at radius 3 is 2.18 bits per heavy atom. The largest absolute Gasteiger partial charge is 0.478 e. The van der Waals surface area contributed by atoms with Gasteiger partial charge >= 0.3 is 18.3 Å². The van der Waals surface area contributed by atoms with Crippen molar-refractivity contribution < 1.29 is 36.2 Å². The third-order valence-corrected chi connectivity index (χ3v) is 3.91. The molecule has 2 heterocycles. The van der Waals surface area contributed by atoms with E-state index in [-0.39, 0.29) is 11.6 Å². The quantitative estimate of drug-likeness (QED) is 0.468. The molecule has 3 rings (SSSR count). The minimum absolute atomic E-state index is 0.0570. The van der Waals surface area contributed by atoms with Gasteiger partial charge in [-0.15, -0.1) is 0 Å². The van der Waals surface area contributed by atoms with Gasteiger partial charge in [0, 0.05) is 23.3 Å². The number of benzene rings is 1. The lowest BCUT2D eigenvalue weighted by molar-refractivity contribution is -0.143. The highest BCUT2D eigenvalue weighted by atomic mass is 19.4. The molecule has 2 aromatic heterocycles. The molecule has 0 unspecified atom stereocenters. The SMILES string of the molecule is O=C(O)/C(=C\c1c[nH]c2ncccc12)c1cc(C(F)(F)F)cc(C(F)(F)F)c1. The van der Waals surface area contributed by atoms with Gasteiger partial charge in [-0.1, -0.05) is 0 Å². The molecule has 0 saturated carbocycles. The number of carbonyl (C=O) groups is 1. The summed E-state index contributed by atoms with van der Waals surface area (Å²) in [7, 11) is 0. The Morgan fingerprint density at radius 1 is 1.04 bits per heavy atom. The fourth-order valence-electron chi connectivity index (χ4n) is 2.63. The summed E-state index contributed by atoms with van der Waals surface area (Å²) in [4.78, 5) is 18.4. The molecule has 2 N–H and O–H groups in total. The van der Waals surface area contributed by atoms with E-state index in [1.54, 1.807) is 12.1 Å². The first-order valence-corrected chi connectivity index (χ1v) is 7.64. The molecule has 0 spiro atoms. The van der Waals surface area contributed by atoms with Crippen LogP contribution in [-0.2, 0) is 17.1 Å². The van der Waals surface area contributed by atoms with E-state index in [1.807, 2.05) is 0 Å². The zero-order chi connectivity index (χ0) is 20.7. The van der Waals surface area contributed by atoms with E-state index in [9.17, 15) is 36.2 Å². The van der Waals surface area contributed by atoms with Crippen molar-refractivity contribution in [1.29, 1.82) is 0 Å². The van der Waals surface area contributed by atoms with E-state index in [4.69, 9.17) is 0 Å². The van der Waals surface area contributed by atoms with Gasteiger partial charge in [0.15, 0.2) is 0 Å². The van der Waals surface area contributed by atoms with Crippen LogP contribution < -0.4 is 0 Å². The molecule has 0 radical (unpaired) electrons. The Morgan fingerprint density at radius 2 is 1.64 bits per heavy atom. The predicted molar refractivity (Wildman–Crippen MR) is 88.0 cm³/mol. The lowest BCUT2D eigenvalue weighted by Crippen LogP contribution is -2.12. The number of carboxylic acid groups (broad SMARTS) is 1. The van der Waals surface area contributed by atoms with Gasteiger partial charge in [0.2, 0.25) is 0 Å². The van der Waals surface area contributed by atoms with Crippen LogP contribution in [0, 0.1) is 0 Å². The third-order valence-electron chi connectivity index (χ3n) is 3.91. The third kappa shape index (κ3) is 3.85. The second-order valence-electron chi connectivity index (χ2n) is 5.80. The molecule has 0 saturated heterocycles. The van der Waals surface area contributed by atoms with Crippen LogP contribution in [0.4, 0.5) is 26.3 Å². The van der Waals surface area contributed by atoms with Crippen LogP contribution in [0.5, 0.6) is 0 Å². The average molecular weight is 400 g/mol. The van der Waals surface area contributed by atoms with Gasteiger partial charge < -0.3 is 10.1 Å². The molecule has 146 valence electrons. The number of alkyl halides is 6. The van der Waals surface area contributed by atoms with Crippen LogP contribution >= 0.6 is 0 Å². The van der Waals surface area contributed by atoms with Gasteiger partial charge in [-0.05, 0) is 42.0 Å². The molecule has 10 heteroatoms. The maximum atomic E-state index is 13.0. The second-order valence-corrected chi connectivity index (χ2v) is 5.80. The number of rotatable bonds is 3. The summed E-state index contributed by atoms with van der Waals surface area (Å²) in [5, 5.41) is 9.89. The standard InChI is InChI=1S/C18H10F6N2O2/c19-17(20,21)11-4-9(5-12(7-11)18(22,23)24)14(16(27)28)6-10-8-26-15-13(10)2-1-3-25-15/h1-8H,(H,25,26)(H,27,28)/b14-6-. The van der Waals surface area contributed by atoms with Crippen molar-refractivity contribution in [1.82, 2.24) is 9.97 Å². The van der Waals surface area contributed by atoms with E-state index in [1.165, 1.54) is 12.4 Å². The number of nitrogens with one attached hydrogen (secondary N) is 1. The Balaban J connectivity index is 2.24. The molecule has 0 aliphatic rings. The average Bonchev–Trinajstić information content (AvgIpc) is 3.00. The molecule has 0 bridgehead atoms. The van der Waals surface area contributed by atoms with Gasteiger partial charge in [-0.3, -0.25) is 0 Å². The van der Waals surface area contributed by atoms with E-state index < -0.39 is 40.6 Å². The van der Waals surface area contributed by atoms with Crippen LogP contribution in [0.25, 0.3) is 22.7 Å².